The Morgan fingerprint density at radius 1 is 1.32 bits per heavy atom. The van der Waals surface area contributed by atoms with Crippen molar-refractivity contribution in [2.45, 2.75) is 25.8 Å². The first kappa shape index (κ1) is 17.4. The lowest BCUT2D eigenvalue weighted by Crippen LogP contribution is -2.39. The van der Waals surface area contributed by atoms with Crippen LogP contribution in [0, 0.1) is 12.7 Å². The third-order valence-corrected chi connectivity index (χ3v) is 4.85. The van der Waals surface area contributed by atoms with Gasteiger partial charge in [-0.1, -0.05) is 11.6 Å². The van der Waals surface area contributed by atoms with Crippen LogP contribution in [0.4, 0.5) is 4.39 Å². The highest BCUT2D eigenvalue weighted by molar-refractivity contribution is 6.30. The number of rotatable bonds is 3. The summed E-state index contributed by atoms with van der Waals surface area (Å²) < 4.78 is 15.3. The molecule has 0 saturated carbocycles. The summed E-state index contributed by atoms with van der Waals surface area (Å²) in [4.78, 5) is 25.3. The van der Waals surface area contributed by atoms with Gasteiger partial charge in [-0.3, -0.25) is 9.48 Å². The standard InChI is InChI=1S/C17H17ClFN3O3/c1-10-13(17(24)25)9-20-22(10)12-4-6-21(7-5-12)16(23)11-2-3-14(18)15(19)8-11/h2-3,8-9,12H,4-7H2,1H3,(H,24,25). The number of carbonyl (C=O) groups excluding carboxylic acids is 1. The van der Waals surface area contributed by atoms with E-state index in [1.165, 1.54) is 18.3 Å². The minimum atomic E-state index is -0.999. The number of nitrogens with zero attached hydrogens (tertiary/aromatic N) is 3. The molecule has 1 saturated heterocycles. The van der Waals surface area contributed by atoms with Gasteiger partial charge in [0.2, 0.25) is 0 Å². The van der Waals surface area contributed by atoms with Crippen LogP contribution in [0.15, 0.2) is 24.4 Å². The Balaban J connectivity index is 1.68. The summed E-state index contributed by atoms with van der Waals surface area (Å²) in [5, 5.41) is 13.3. The summed E-state index contributed by atoms with van der Waals surface area (Å²) in [6.07, 6.45) is 2.67. The van der Waals surface area contributed by atoms with Crippen molar-refractivity contribution >= 4 is 23.5 Å². The largest absolute Gasteiger partial charge is 0.478 e. The lowest BCUT2D eigenvalue weighted by molar-refractivity contribution is 0.0687. The van der Waals surface area contributed by atoms with Crippen molar-refractivity contribution in [3.8, 4) is 0 Å². The second-order valence-corrected chi connectivity index (χ2v) is 6.45. The van der Waals surface area contributed by atoms with E-state index in [0.717, 1.165) is 6.07 Å². The summed E-state index contributed by atoms with van der Waals surface area (Å²) in [6.45, 7) is 2.72. The highest BCUT2D eigenvalue weighted by atomic mass is 35.5. The van der Waals surface area contributed by atoms with Gasteiger partial charge in [-0.25, -0.2) is 9.18 Å². The van der Waals surface area contributed by atoms with E-state index in [-0.39, 0.29) is 28.1 Å². The molecular formula is C17H17ClFN3O3. The molecule has 8 heteroatoms. The van der Waals surface area contributed by atoms with Crippen LogP contribution in [0.25, 0.3) is 0 Å². The molecule has 2 aromatic rings. The van der Waals surface area contributed by atoms with Gasteiger partial charge in [0.05, 0.1) is 23.0 Å². The van der Waals surface area contributed by atoms with Gasteiger partial charge in [-0.05, 0) is 38.0 Å². The van der Waals surface area contributed by atoms with Crippen molar-refractivity contribution in [3.63, 3.8) is 0 Å². The molecule has 1 aromatic carbocycles. The number of carboxylic acid groups (broad SMARTS) is 1. The number of carbonyl (C=O) groups is 2. The molecule has 1 amide bonds. The Labute approximate surface area is 148 Å². The molecule has 1 aromatic heterocycles. The van der Waals surface area contributed by atoms with Gasteiger partial charge in [0.15, 0.2) is 0 Å². The molecule has 25 heavy (non-hydrogen) atoms. The van der Waals surface area contributed by atoms with Crippen LogP contribution in [-0.2, 0) is 0 Å². The fourth-order valence-corrected chi connectivity index (χ4v) is 3.24. The lowest BCUT2D eigenvalue weighted by Gasteiger charge is -2.32. The number of benzene rings is 1. The van der Waals surface area contributed by atoms with Gasteiger partial charge in [0.1, 0.15) is 11.4 Å². The zero-order chi connectivity index (χ0) is 18.1. The zero-order valence-corrected chi connectivity index (χ0v) is 14.3. The molecule has 132 valence electrons. The number of piperidine rings is 1. The van der Waals surface area contributed by atoms with E-state index in [9.17, 15) is 14.0 Å². The maximum Gasteiger partial charge on any atom is 0.339 e. The Hall–Kier alpha value is -2.41. The molecule has 2 heterocycles. The maximum atomic E-state index is 13.5. The third-order valence-electron chi connectivity index (χ3n) is 4.54. The quantitative estimate of drug-likeness (QED) is 0.906. The van der Waals surface area contributed by atoms with E-state index < -0.39 is 11.8 Å². The molecular weight excluding hydrogens is 349 g/mol. The number of amides is 1. The van der Waals surface area contributed by atoms with Crippen molar-refractivity contribution in [3.05, 3.63) is 52.1 Å². The highest BCUT2D eigenvalue weighted by Gasteiger charge is 2.27. The molecule has 0 aliphatic carbocycles. The van der Waals surface area contributed by atoms with E-state index in [1.54, 1.807) is 16.5 Å². The number of halogens is 2. The predicted octanol–water partition coefficient (Wildman–Crippen LogP) is 3.16. The van der Waals surface area contributed by atoms with Crippen LogP contribution in [-0.4, -0.2) is 44.8 Å². The second-order valence-electron chi connectivity index (χ2n) is 6.05. The Morgan fingerprint density at radius 2 is 2.00 bits per heavy atom. The van der Waals surface area contributed by atoms with Crippen molar-refractivity contribution in [2.75, 3.05) is 13.1 Å². The fourth-order valence-electron chi connectivity index (χ4n) is 3.13. The molecule has 0 radical (unpaired) electrons. The summed E-state index contributed by atoms with van der Waals surface area (Å²) in [5.41, 5.74) is 1.07. The number of hydrogen-bond acceptors (Lipinski definition) is 3. The number of aromatic carboxylic acids is 1. The van der Waals surface area contributed by atoms with Crippen LogP contribution in [0.2, 0.25) is 5.02 Å². The Kier molecular flexibility index (Phi) is 4.76. The van der Waals surface area contributed by atoms with Crippen LogP contribution >= 0.6 is 11.6 Å². The summed E-state index contributed by atoms with van der Waals surface area (Å²) >= 11 is 5.65. The average molecular weight is 366 g/mol. The summed E-state index contributed by atoms with van der Waals surface area (Å²) in [7, 11) is 0. The van der Waals surface area contributed by atoms with Crippen LogP contribution in [0.1, 0.15) is 45.3 Å². The topological polar surface area (TPSA) is 75.4 Å². The van der Waals surface area contributed by atoms with E-state index in [2.05, 4.69) is 5.10 Å². The smallest absolute Gasteiger partial charge is 0.339 e. The third kappa shape index (κ3) is 3.37. The molecule has 0 bridgehead atoms. The highest BCUT2D eigenvalue weighted by Crippen LogP contribution is 2.26. The molecule has 1 aliphatic rings. The number of likely N-dealkylation sites (tertiary alicyclic amines) is 1. The monoisotopic (exact) mass is 365 g/mol. The zero-order valence-electron chi connectivity index (χ0n) is 13.6. The van der Waals surface area contributed by atoms with E-state index in [4.69, 9.17) is 16.7 Å². The molecule has 1 fully saturated rings. The fraction of sp³-hybridized carbons (Fsp3) is 0.353. The average Bonchev–Trinajstić information content (AvgIpc) is 2.98. The van der Waals surface area contributed by atoms with Gasteiger partial charge in [0.25, 0.3) is 5.91 Å². The predicted molar refractivity (Wildman–Crippen MR) is 89.5 cm³/mol. The van der Waals surface area contributed by atoms with Gasteiger partial charge in [-0.15, -0.1) is 0 Å². The van der Waals surface area contributed by atoms with Crippen LogP contribution in [0.3, 0.4) is 0 Å². The maximum absolute atomic E-state index is 13.5. The minimum absolute atomic E-state index is 0.0151. The first-order valence-electron chi connectivity index (χ1n) is 7.90. The van der Waals surface area contributed by atoms with Crippen molar-refractivity contribution < 1.29 is 19.1 Å². The van der Waals surface area contributed by atoms with Crippen molar-refractivity contribution in [1.82, 2.24) is 14.7 Å². The normalized spacial score (nSPS) is 15.4. The molecule has 3 rings (SSSR count). The van der Waals surface area contributed by atoms with Crippen molar-refractivity contribution in [1.29, 1.82) is 0 Å². The molecule has 6 nitrogen and oxygen atoms in total. The van der Waals surface area contributed by atoms with Crippen LogP contribution in [0.5, 0.6) is 0 Å². The van der Waals surface area contributed by atoms with Gasteiger partial charge in [0, 0.05) is 18.7 Å². The first-order chi connectivity index (χ1) is 11.9. The Morgan fingerprint density at radius 3 is 2.56 bits per heavy atom. The summed E-state index contributed by atoms with van der Waals surface area (Å²) in [5.74, 6) is -1.85. The number of aromatic nitrogens is 2. The van der Waals surface area contributed by atoms with Crippen LogP contribution < -0.4 is 0 Å². The van der Waals surface area contributed by atoms with E-state index in [0.29, 0.717) is 31.6 Å². The molecule has 0 unspecified atom stereocenters. The van der Waals surface area contributed by atoms with E-state index >= 15 is 0 Å². The second kappa shape index (κ2) is 6.84. The molecule has 0 atom stereocenters. The Bertz CT molecular complexity index is 829. The number of hydrogen-bond donors (Lipinski definition) is 1. The first-order valence-corrected chi connectivity index (χ1v) is 8.28. The van der Waals surface area contributed by atoms with Gasteiger partial charge < -0.3 is 10.0 Å². The van der Waals surface area contributed by atoms with E-state index in [1.807, 2.05) is 0 Å². The molecule has 0 spiro atoms. The molecule has 1 N–H and O–H groups in total. The van der Waals surface area contributed by atoms with Crippen molar-refractivity contribution in [2.24, 2.45) is 0 Å². The SMILES string of the molecule is Cc1c(C(=O)O)cnn1C1CCN(C(=O)c2ccc(Cl)c(F)c2)CC1. The number of carboxylic acids is 1. The summed E-state index contributed by atoms with van der Waals surface area (Å²) in [6, 6.07) is 4.07. The van der Waals surface area contributed by atoms with Gasteiger partial charge in [-0.2, -0.15) is 5.10 Å². The van der Waals surface area contributed by atoms with Gasteiger partial charge >= 0.3 is 5.97 Å². The molecule has 1 aliphatic heterocycles. The lowest BCUT2D eigenvalue weighted by atomic mass is 10.0. The minimum Gasteiger partial charge on any atom is -0.478 e.